The van der Waals surface area contributed by atoms with Gasteiger partial charge in [-0.25, -0.2) is 0 Å². The lowest BCUT2D eigenvalue weighted by molar-refractivity contribution is -0.302. The number of hydrogen-bond donors (Lipinski definition) is 3. The number of aliphatic hydroxyl groups excluding tert-OH is 3. The average Bonchev–Trinajstić information content (AvgIpc) is 3.34. The Bertz CT molecular complexity index is 776. The van der Waals surface area contributed by atoms with Crippen molar-refractivity contribution in [1.82, 2.24) is 0 Å². The van der Waals surface area contributed by atoms with Gasteiger partial charge in [-0.2, -0.15) is 0 Å². The molecule has 2 aliphatic carbocycles. The van der Waals surface area contributed by atoms with Crippen LogP contribution in [0.5, 0.6) is 0 Å². The highest BCUT2D eigenvalue weighted by atomic mass is 35.5. The van der Waals surface area contributed by atoms with Crippen LogP contribution in [0.25, 0.3) is 0 Å². The molecule has 2 bridgehead atoms. The van der Waals surface area contributed by atoms with Gasteiger partial charge in [-0.3, -0.25) is 0 Å². The van der Waals surface area contributed by atoms with Crippen molar-refractivity contribution < 1.29 is 29.5 Å². The molecule has 0 spiro atoms. The summed E-state index contributed by atoms with van der Waals surface area (Å²) in [5.41, 5.74) is -1.34. The summed E-state index contributed by atoms with van der Waals surface area (Å²) >= 11 is 13.4. The number of fused-ring (bicyclic) bond motifs is 4. The number of rotatable bonds is 9. The molecule has 3 N–H and O–H groups in total. The van der Waals surface area contributed by atoms with E-state index < -0.39 is 53.4 Å². The molecule has 1 saturated carbocycles. The summed E-state index contributed by atoms with van der Waals surface area (Å²) < 4.78 is 19.3. The van der Waals surface area contributed by atoms with Crippen molar-refractivity contribution in [2.75, 3.05) is 6.61 Å². The average molecular weight is 520 g/mol. The summed E-state index contributed by atoms with van der Waals surface area (Å²) in [6, 6.07) is 0. The van der Waals surface area contributed by atoms with Gasteiger partial charge in [0.1, 0.15) is 11.0 Å². The van der Waals surface area contributed by atoms with Crippen molar-refractivity contribution in [3.05, 3.63) is 24.3 Å². The molecule has 0 amide bonds. The van der Waals surface area contributed by atoms with Crippen LogP contribution >= 0.6 is 23.2 Å². The van der Waals surface area contributed by atoms with E-state index in [1.165, 1.54) is 0 Å². The lowest BCUT2D eigenvalue weighted by Crippen LogP contribution is -2.63. The Balaban J connectivity index is 1.61. The monoisotopic (exact) mass is 518 g/mol. The molecule has 0 aromatic carbocycles. The lowest BCUT2D eigenvalue weighted by atomic mass is 9.69. The van der Waals surface area contributed by atoms with E-state index in [9.17, 15) is 15.3 Å². The molecule has 8 heteroatoms. The summed E-state index contributed by atoms with van der Waals surface area (Å²) in [6.45, 7) is 8.01. The number of alkyl halides is 2. The van der Waals surface area contributed by atoms with Crippen LogP contribution in [-0.4, -0.2) is 68.7 Å². The SMILES string of the molecule is CC1CCC2C1C(OC(O)C(Cl)C(Cl)C1C=CC=CC1)C1(C(C)C)CC(OC(O)CO)C2(C)O1. The summed E-state index contributed by atoms with van der Waals surface area (Å²) in [4.78, 5) is 0. The van der Waals surface area contributed by atoms with Gasteiger partial charge in [0.25, 0.3) is 0 Å². The third-order valence-corrected chi connectivity index (χ3v) is 10.1. The van der Waals surface area contributed by atoms with Crippen molar-refractivity contribution in [3.8, 4) is 0 Å². The topological polar surface area (TPSA) is 88.4 Å². The smallest absolute Gasteiger partial charge is 0.178 e. The molecular formula is C26H40Cl2O6. The molecule has 12 atom stereocenters. The minimum Gasteiger partial charge on any atom is -0.391 e. The van der Waals surface area contributed by atoms with Crippen molar-refractivity contribution in [3.63, 3.8) is 0 Å². The molecular weight excluding hydrogens is 479 g/mol. The molecule has 4 rings (SSSR count). The van der Waals surface area contributed by atoms with Crippen LogP contribution in [0.2, 0.25) is 0 Å². The Morgan fingerprint density at radius 2 is 1.88 bits per heavy atom. The number of allylic oxidation sites excluding steroid dienone is 4. The van der Waals surface area contributed by atoms with E-state index in [2.05, 4.69) is 27.7 Å². The number of hydrogen-bond acceptors (Lipinski definition) is 6. The lowest BCUT2D eigenvalue weighted by Gasteiger charge is -2.54. The van der Waals surface area contributed by atoms with Crippen molar-refractivity contribution in [2.24, 2.45) is 29.6 Å². The predicted molar refractivity (Wildman–Crippen MR) is 132 cm³/mol. The number of aliphatic hydroxyl groups is 3. The molecule has 34 heavy (non-hydrogen) atoms. The molecule has 0 radical (unpaired) electrons. The zero-order chi connectivity index (χ0) is 24.8. The first-order valence-electron chi connectivity index (χ1n) is 12.6. The summed E-state index contributed by atoms with van der Waals surface area (Å²) in [5, 5.41) is 29.4. The zero-order valence-corrected chi connectivity index (χ0v) is 22.0. The van der Waals surface area contributed by atoms with Crippen LogP contribution in [0, 0.1) is 29.6 Å². The van der Waals surface area contributed by atoms with E-state index >= 15 is 0 Å². The second kappa shape index (κ2) is 10.3. The fraction of sp³-hybridized carbons (Fsp3) is 0.846. The molecule has 2 saturated heterocycles. The van der Waals surface area contributed by atoms with E-state index in [0.29, 0.717) is 12.3 Å². The van der Waals surface area contributed by atoms with Gasteiger partial charge < -0.3 is 29.5 Å². The molecule has 0 aromatic heterocycles. The van der Waals surface area contributed by atoms with Gasteiger partial charge in [-0.05, 0) is 55.8 Å². The minimum atomic E-state index is -1.27. The van der Waals surface area contributed by atoms with E-state index in [1.54, 1.807) is 0 Å². The van der Waals surface area contributed by atoms with Gasteiger partial charge >= 0.3 is 0 Å². The molecule has 2 heterocycles. The number of ether oxygens (including phenoxy) is 3. The molecule has 194 valence electrons. The van der Waals surface area contributed by atoms with Crippen molar-refractivity contribution in [1.29, 1.82) is 0 Å². The Morgan fingerprint density at radius 3 is 2.50 bits per heavy atom. The highest BCUT2D eigenvalue weighted by Crippen LogP contribution is 2.63. The standard InChI is InChI=1S/C26H40Cl2O6/c1-14(2)26-12-18(32-19(30)13-29)25(4,34-26)17-11-10-15(3)20(17)23(26)33-24(31)22(28)21(27)16-8-6-5-7-9-16/h5-8,14-24,29-31H,9-13H2,1-4H3. The van der Waals surface area contributed by atoms with Crippen LogP contribution in [-0.2, 0) is 14.2 Å². The van der Waals surface area contributed by atoms with E-state index in [-0.39, 0.29) is 23.7 Å². The third-order valence-electron chi connectivity index (χ3n) is 8.92. The van der Waals surface area contributed by atoms with Crippen LogP contribution < -0.4 is 0 Å². The summed E-state index contributed by atoms with van der Waals surface area (Å²) in [5.74, 6) is 0.740. The first kappa shape index (κ1) is 26.9. The molecule has 4 aliphatic rings. The van der Waals surface area contributed by atoms with Crippen LogP contribution in [0.15, 0.2) is 24.3 Å². The summed E-state index contributed by atoms with van der Waals surface area (Å²) in [7, 11) is 0. The molecule has 6 nitrogen and oxygen atoms in total. The quantitative estimate of drug-likeness (QED) is 0.316. The Labute approximate surface area is 213 Å². The minimum absolute atomic E-state index is 0.0276. The fourth-order valence-corrected chi connectivity index (χ4v) is 7.54. The Morgan fingerprint density at radius 1 is 1.15 bits per heavy atom. The van der Waals surface area contributed by atoms with E-state index in [0.717, 1.165) is 19.3 Å². The predicted octanol–water partition coefficient (Wildman–Crippen LogP) is 3.98. The van der Waals surface area contributed by atoms with Gasteiger partial charge in [0.2, 0.25) is 0 Å². The van der Waals surface area contributed by atoms with Gasteiger partial charge in [-0.1, -0.05) is 45.1 Å². The van der Waals surface area contributed by atoms with E-state index in [1.807, 2.05) is 24.3 Å². The molecule has 3 fully saturated rings. The molecule has 12 unspecified atom stereocenters. The van der Waals surface area contributed by atoms with Gasteiger partial charge in [0, 0.05) is 6.42 Å². The Hall–Kier alpha value is -0.180. The Kier molecular flexibility index (Phi) is 8.13. The first-order valence-corrected chi connectivity index (χ1v) is 13.5. The zero-order valence-electron chi connectivity index (χ0n) is 20.5. The second-order valence-corrected chi connectivity index (χ2v) is 12.2. The maximum Gasteiger partial charge on any atom is 0.178 e. The first-order chi connectivity index (χ1) is 16.0. The van der Waals surface area contributed by atoms with Crippen molar-refractivity contribution in [2.45, 2.75) is 100 Å². The summed E-state index contributed by atoms with van der Waals surface area (Å²) in [6.07, 6.45) is 7.93. The van der Waals surface area contributed by atoms with E-state index in [4.69, 9.17) is 37.4 Å². The van der Waals surface area contributed by atoms with Crippen LogP contribution in [0.4, 0.5) is 0 Å². The third kappa shape index (κ3) is 4.51. The largest absolute Gasteiger partial charge is 0.391 e. The van der Waals surface area contributed by atoms with Crippen LogP contribution in [0.1, 0.15) is 53.4 Å². The van der Waals surface area contributed by atoms with Crippen LogP contribution in [0.3, 0.4) is 0 Å². The maximum atomic E-state index is 11.2. The highest BCUT2D eigenvalue weighted by molar-refractivity contribution is 6.30. The highest BCUT2D eigenvalue weighted by Gasteiger charge is 2.71. The molecule has 0 aromatic rings. The fourth-order valence-electron chi connectivity index (χ4n) is 6.98. The number of halogens is 2. The van der Waals surface area contributed by atoms with Crippen molar-refractivity contribution >= 4 is 23.2 Å². The normalized spacial score (nSPS) is 44.8. The molecule has 2 aliphatic heterocycles. The van der Waals surface area contributed by atoms with Gasteiger partial charge in [-0.15, -0.1) is 23.2 Å². The van der Waals surface area contributed by atoms with Gasteiger partial charge in [0.15, 0.2) is 12.6 Å². The maximum absolute atomic E-state index is 11.2. The second-order valence-electron chi connectivity index (χ2n) is 11.1. The van der Waals surface area contributed by atoms with Gasteiger partial charge in [0.05, 0.1) is 29.8 Å².